The molecule has 2 heterocycles. The molecule has 2 aromatic carbocycles. The van der Waals surface area contributed by atoms with E-state index in [0.29, 0.717) is 19.5 Å². The minimum absolute atomic E-state index is 0.0388. The van der Waals surface area contributed by atoms with Gasteiger partial charge < -0.3 is 10.2 Å². The average Bonchev–Trinajstić information content (AvgIpc) is 3.31. The van der Waals surface area contributed by atoms with Crippen molar-refractivity contribution in [1.82, 2.24) is 10.3 Å². The van der Waals surface area contributed by atoms with Crippen LogP contribution in [0.2, 0.25) is 0 Å². The third-order valence-electron chi connectivity index (χ3n) is 5.59. The number of nitrogens with one attached hydrogen (secondary N) is 1. The molecule has 0 fully saturated rings. The number of rotatable bonds is 7. The number of pyridine rings is 1. The molecule has 4 nitrogen and oxygen atoms in total. The molecule has 3 aromatic rings. The van der Waals surface area contributed by atoms with Gasteiger partial charge in [-0.05, 0) is 53.5 Å². The molecular weight excluding hydrogens is 466 g/mol. The van der Waals surface area contributed by atoms with Crippen LogP contribution in [0.4, 0.5) is 5.69 Å². The maximum absolute atomic E-state index is 13.1. The van der Waals surface area contributed by atoms with Gasteiger partial charge in [0.2, 0.25) is 5.91 Å². The summed E-state index contributed by atoms with van der Waals surface area (Å²) < 4.78 is 0. The lowest BCUT2D eigenvalue weighted by Gasteiger charge is -2.25. The van der Waals surface area contributed by atoms with E-state index in [9.17, 15) is 4.79 Å². The van der Waals surface area contributed by atoms with Gasteiger partial charge in [0.15, 0.2) is 0 Å². The molecule has 0 spiro atoms. The molecule has 36 heavy (non-hydrogen) atoms. The van der Waals surface area contributed by atoms with Crippen molar-refractivity contribution in [1.29, 1.82) is 0 Å². The van der Waals surface area contributed by atoms with Gasteiger partial charge in [0.1, 0.15) is 6.04 Å². The number of anilines is 1. The first kappa shape index (κ1) is 28.9. The quantitative estimate of drug-likeness (QED) is 0.338. The van der Waals surface area contributed by atoms with Crippen LogP contribution < -0.4 is 10.2 Å². The van der Waals surface area contributed by atoms with Crippen LogP contribution in [0.3, 0.4) is 0 Å². The Balaban J connectivity index is 0.00000109. The van der Waals surface area contributed by atoms with E-state index in [0.717, 1.165) is 27.4 Å². The minimum Gasteiger partial charge on any atom is -0.355 e. The minimum atomic E-state index is -0.228. The van der Waals surface area contributed by atoms with Crippen molar-refractivity contribution in [2.45, 2.75) is 53.6 Å². The molecule has 1 aromatic heterocycles. The lowest BCUT2D eigenvalue weighted by molar-refractivity contribution is -0.122. The van der Waals surface area contributed by atoms with E-state index in [4.69, 9.17) is 11.6 Å². The highest BCUT2D eigenvalue weighted by Crippen LogP contribution is 2.32. The van der Waals surface area contributed by atoms with Gasteiger partial charge in [-0.3, -0.25) is 9.78 Å². The number of aromatic nitrogens is 1. The van der Waals surface area contributed by atoms with Gasteiger partial charge in [0.25, 0.3) is 0 Å². The van der Waals surface area contributed by atoms with E-state index in [1.165, 1.54) is 5.56 Å². The average molecular weight is 504 g/mol. The first-order valence-corrected chi connectivity index (χ1v) is 13.1. The number of nitrogens with zero attached hydrogens (tertiary/aromatic N) is 2. The smallest absolute Gasteiger partial charge is 0.243 e. The fraction of sp³-hybridized carbons (Fsp3) is 0.290. The highest BCUT2D eigenvalue weighted by atomic mass is 35.5. The maximum Gasteiger partial charge on any atom is 0.243 e. The first-order valence-electron chi connectivity index (χ1n) is 12.7. The Morgan fingerprint density at radius 2 is 1.64 bits per heavy atom. The molecule has 1 unspecified atom stereocenters. The summed E-state index contributed by atoms with van der Waals surface area (Å²) >= 11 is 5.91. The molecule has 0 bridgehead atoms. The molecule has 1 amide bonds. The van der Waals surface area contributed by atoms with Crippen LogP contribution in [0.25, 0.3) is 11.1 Å². The lowest BCUT2D eigenvalue weighted by atomic mass is 10.1. The normalized spacial score (nSPS) is 14.3. The van der Waals surface area contributed by atoms with Crippen molar-refractivity contribution in [3.8, 4) is 11.1 Å². The molecule has 1 aliphatic rings. The number of hydrogen-bond donors (Lipinski definition) is 1. The third kappa shape index (κ3) is 8.10. The van der Waals surface area contributed by atoms with E-state index in [1.54, 1.807) is 12.4 Å². The van der Waals surface area contributed by atoms with Crippen LogP contribution in [0.5, 0.6) is 0 Å². The molecule has 0 saturated carbocycles. The van der Waals surface area contributed by atoms with Gasteiger partial charge in [-0.2, -0.15) is 0 Å². The zero-order valence-corrected chi connectivity index (χ0v) is 22.8. The van der Waals surface area contributed by atoms with E-state index in [-0.39, 0.29) is 11.9 Å². The molecule has 190 valence electrons. The fourth-order valence-corrected chi connectivity index (χ4v) is 4.02. The number of allylic oxidation sites excluding steroid dienone is 3. The van der Waals surface area contributed by atoms with Crippen molar-refractivity contribution >= 4 is 23.2 Å². The summed E-state index contributed by atoms with van der Waals surface area (Å²) in [6, 6.07) is 20.2. The van der Waals surface area contributed by atoms with E-state index >= 15 is 0 Å². The Hall–Kier alpha value is -3.37. The van der Waals surface area contributed by atoms with Crippen LogP contribution in [0.1, 0.15) is 45.7 Å². The molecule has 4 rings (SSSR count). The number of para-hydroxylation sites is 1. The highest BCUT2D eigenvalue weighted by molar-refractivity contribution is 6.29. The monoisotopic (exact) mass is 503 g/mol. The summed E-state index contributed by atoms with van der Waals surface area (Å²) in [5.41, 5.74) is 5.65. The number of carbonyl (C=O) groups is 1. The second kappa shape index (κ2) is 15.6. The molecule has 1 atom stereocenters. The summed E-state index contributed by atoms with van der Waals surface area (Å²) in [5.74, 6) is 0.0388. The van der Waals surface area contributed by atoms with Crippen LogP contribution in [0, 0.1) is 0 Å². The van der Waals surface area contributed by atoms with Crippen LogP contribution in [0.15, 0.2) is 96.3 Å². The Morgan fingerprint density at radius 3 is 2.31 bits per heavy atom. The zero-order valence-electron chi connectivity index (χ0n) is 22.0. The van der Waals surface area contributed by atoms with Gasteiger partial charge in [-0.25, -0.2) is 0 Å². The number of carbonyl (C=O) groups excluding carboxylic acids is 1. The Morgan fingerprint density at radius 1 is 1.00 bits per heavy atom. The predicted molar refractivity (Wildman–Crippen MR) is 154 cm³/mol. The first-order chi connectivity index (χ1) is 17.6. The number of amides is 1. The molecule has 5 heteroatoms. The summed E-state index contributed by atoms with van der Waals surface area (Å²) in [7, 11) is 0. The Kier molecular flexibility index (Phi) is 12.5. The number of halogens is 1. The SMILES string of the molecule is C/C(Cl)=C\C=C/CN1c2ccccc2CC1C(=O)NCc1ccc(-c2ccncc2)cc1.CC.CC. The standard InChI is InChI=1S/C27H26ClN3O.2C2H6/c1-20(28)6-4-5-17-31-25-8-3-2-7-24(25)18-26(31)27(32)30-19-21-9-11-22(12-10-21)23-13-15-29-16-14-23;2*1-2/h2-16,26H,17-19H2,1H3,(H,30,32);2*1-2H3/b5-4-,20-6+;;. The highest BCUT2D eigenvalue weighted by Gasteiger charge is 2.33. The van der Waals surface area contributed by atoms with Crippen LogP contribution in [-0.4, -0.2) is 23.5 Å². The van der Waals surface area contributed by atoms with Crippen molar-refractivity contribution < 1.29 is 4.79 Å². The van der Waals surface area contributed by atoms with E-state index in [2.05, 4.69) is 51.6 Å². The second-order valence-electron chi connectivity index (χ2n) is 7.83. The van der Waals surface area contributed by atoms with Crippen molar-refractivity contribution in [2.75, 3.05) is 11.4 Å². The molecule has 0 aliphatic carbocycles. The zero-order chi connectivity index (χ0) is 26.3. The Labute approximate surface area is 221 Å². The van der Waals surface area contributed by atoms with E-state index < -0.39 is 0 Å². The van der Waals surface area contributed by atoms with Crippen molar-refractivity contribution in [2.24, 2.45) is 0 Å². The summed E-state index contributed by atoms with van der Waals surface area (Å²) in [4.78, 5) is 19.3. The largest absolute Gasteiger partial charge is 0.355 e. The predicted octanol–water partition coefficient (Wildman–Crippen LogP) is 7.55. The van der Waals surface area contributed by atoms with Gasteiger partial charge in [0.05, 0.1) is 0 Å². The number of fused-ring (bicyclic) bond motifs is 1. The van der Waals surface area contributed by atoms with Gasteiger partial charge >= 0.3 is 0 Å². The summed E-state index contributed by atoms with van der Waals surface area (Å²) in [6.45, 7) is 11.0. The number of benzene rings is 2. The van der Waals surface area contributed by atoms with Gasteiger partial charge in [-0.15, -0.1) is 0 Å². The summed E-state index contributed by atoms with van der Waals surface area (Å²) in [6.07, 6.45) is 10.1. The molecular formula is C31H38ClN3O. The summed E-state index contributed by atoms with van der Waals surface area (Å²) in [5, 5.41) is 3.85. The molecule has 0 radical (unpaired) electrons. The number of hydrogen-bond acceptors (Lipinski definition) is 3. The lowest BCUT2D eigenvalue weighted by Crippen LogP contribution is -2.45. The molecule has 1 N–H and O–H groups in total. The van der Waals surface area contributed by atoms with Gasteiger partial charge in [0, 0.05) is 42.6 Å². The second-order valence-corrected chi connectivity index (χ2v) is 8.43. The fourth-order valence-electron chi connectivity index (χ4n) is 3.95. The molecule has 0 saturated heterocycles. The maximum atomic E-state index is 13.1. The van der Waals surface area contributed by atoms with E-state index in [1.807, 2.05) is 77.1 Å². The van der Waals surface area contributed by atoms with Crippen LogP contribution in [-0.2, 0) is 17.8 Å². The molecule has 1 aliphatic heterocycles. The Bertz CT molecular complexity index is 1120. The third-order valence-corrected chi connectivity index (χ3v) is 5.72. The van der Waals surface area contributed by atoms with Gasteiger partial charge in [-0.1, -0.05) is 93.9 Å². The van der Waals surface area contributed by atoms with Crippen LogP contribution >= 0.6 is 11.6 Å². The van der Waals surface area contributed by atoms with Crippen molar-refractivity contribution in [3.05, 3.63) is 107 Å². The topological polar surface area (TPSA) is 45.2 Å². The van der Waals surface area contributed by atoms with Crippen molar-refractivity contribution in [3.63, 3.8) is 0 Å².